The molecule has 0 saturated heterocycles. The molecular formula is C5H3ClN4. The highest BCUT2D eigenvalue weighted by Gasteiger charge is 2.02. The summed E-state index contributed by atoms with van der Waals surface area (Å²) in [5, 5.41) is 8.48. The van der Waals surface area contributed by atoms with E-state index in [0.717, 1.165) is 0 Å². The van der Waals surface area contributed by atoms with E-state index in [1.165, 1.54) is 6.33 Å². The molecule has 0 radical (unpaired) electrons. The van der Waals surface area contributed by atoms with Gasteiger partial charge in [-0.2, -0.15) is 5.26 Å². The fraction of sp³-hybridized carbons (Fsp3) is 0. The molecule has 0 aromatic carbocycles. The maximum absolute atomic E-state index is 8.36. The molecular weight excluding hydrogens is 152 g/mol. The van der Waals surface area contributed by atoms with E-state index in [1.54, 1.807) is 6.07 Å². The highest BCUT2D eigenvalue weighted by molar-refractivity contribution is 6.31. The highest BCUT2D eigenvalue weighted by atomic mass is 35.5. The lowest BCUT2D eigenvalue weighted by atomic mass is 10.4. The van der Waals surface area contributed by atoms with Gasteiger partial charge in [0, 0.05) is 0 Å². The minimum atomic E-state index is 0.111. The molecule has 1 aromatic heterocycles. The van der Waals surface area contributed by atoms with Gasteiger partial charge in [-0.05, 0) is 0 Å². The summed E-state index contributed by atoms with van der Waals surface area (Å²) in [6, 6.07) is 1.78. The van der Waals surface area contributed by atoms with Crippen molar-refractivity contribution in [2.75, 3.05) is 5.73 Å². The van der Waals surface area contributed by atoms with E-state index in [1.807, 2.05) is 0 Å². The van der Waals surface area contributed by atoms with E-state index in [-0.39, 0.29) is 16.5 Å². The summed E-state index contributed by atoms with van der Waals surface area (Å²) in [5.41, 5.74) is 5.56. The normalized spacial score (nSPS) is 8.80. The fourth-order valence-electron chi connectivity index (χ4n) is 0.463. The molecule has 0 unspecified atom stereocenters. The first-order valence-corrected chi connectivity index (χ1v) is 2.79. The third-order valence-electron chi connectivity index (χ3n) is 0.941. The number of nitrogens with two attached hydrogens (primary N) is 1. The lowest BCUT2D eigenvalue weighted by Crippen LogP contribution is -1.95. The van der Waals surface area contributed by atoms with Gasteiger partial charge in [-0.3, -0.25) is 0 Å². The third-order valence-corrected chi connectivity index (χ3v) is 1.24. The Labute approximate surface area is 62.3 Å². The highest BCUT2D eigenvalue weighted by Crippen LogP contribution is 2.15. The van der Waals surface area contributed by atoms with Gasteiger partial charge in [-0.25, -0.2) is 9.97 Å². The van der Waals surface area contributed by atoms with Gasteiger partial charge in [0.1, 0.15) is 18.1 Å². The van der Waals surface area contributed by atoms with Crippen molar-refractivity contribution in [2.45, 2.75) is 0 Å². The Hall–Kier alpha value is -1.34. The van der Waals surface area contributed by atoms with Crippen LogP contribution in [0.25, 0.3) is 0 Å². The largest absolute Gasteiger partial charge is 0.394 e. The van der Waals surface area contributed by atoms with Crippen LogP contribution >= 0.6 is 11.6 Å². The number of halogens is 1. The Balaban J connectivity index is 3.31. The van der Waals surface area contributed by atoms with E-state index < -0.39 is 0 Å². The smallest absolute Gasteiger partial charge is 0.168 e. The number of nitrogens with zero attached hydrogens (tertiary/aromatic N) is 3. The number of hydrogen-bond acceptors (Lipinski definition) is 4. The van der Waals surface area contributed by atoms with Crippen molar-refractivity contribution in [1.82, 2.24) is 9.97 Å². The monoisotopic (exact) mass is 154 g/mol. The summed E-state index contributed by atoms with van der Waals surface area (Å²) in [4.78, 5) is 7.14. The Morgan fingerprint density at radius 2 is 2.30 bits per heavy atom. The minimum absolute atomic E-state index is 0.111. The molecule has 0 aliphatic rings. The third kappa shape index (κ3) is 0.993. The Morgan fingerprint density at radius 3 is 2.80 bits per heavy atom. The van der Waals surface area contributed by atoms with Gasteiger partial charge in [0.25, 0.3) is 0 Å². The van der Waals surface area contributed by atoms with Gasteiger partial charge in [0.15, 0.2) is 10.8 Å². The van der Waals surface area contributed by atoms with Crippen molar-refractivity contribution in [3.8, 4) is 6.07 Å². The van der Waals surface area contributed by atoms with Crippen molar-refractivity contribution < 1.29 is 0 Å². The standard InChI is InChI=1S/C5H3ClN4/c6-5-4(8)3(1-7)9-2-10-5/h2H,8H2. The van der Waals surface area contributed by atoms with Gasteiger partial charge in [-0.15, -0.1) is 0 Å². The molecule has 4 nitrogen and oxygen atoms in total. The number of hydrogen-bond donors (Lipinski definition) is 1. The van der Waals surface area contributed by atoms with Crippen LogP contribution < -0.4 is 5.73 Å². The first kappa shape index (κ1) is 6.78. The molecule has 5 heteroatoms. The molecule has 0 amide bonds. The zero-order valence-corrected chi connectivity index (χ0v) is 5.63. The maximum Gasteiger partial charge on any atom is 0.168 e. The first-order valence-electron chi connectivity index (χ1n) is 2.41. The Bertz CT molecular complexity index is 290. The topological polar surface area (TPSA) is 75.6 Å². The van der Waals surface area contributed by atoms with Crippen molar-refractivity contribution in [2.24, 2.45) is 0 Å². The second-order valence-corrected chi connectivity index (χ2v) is 1.90. The number of nitrogen functional groups attached to an aromatic ring is 1. The van der Waals surface area contributed by atoms with E-state index in [9.17, 15) is 0 Å². The van der Waals surface area contributed by atoms with Gasteiger partial charge in [0.05, 0.1) is 0 Å². The SMILES string of the molecule is N#Cc1ncnc(Cl)c1N. The van der Waals surface area contributed by atoms with Crippen LogP contribution in [0.5, 0.6) is 0 Å². The average Bonchev–Trinajstić information content (AvgIpc) is 1.95. The van der Waals surface area contributed by atoms with E-state index >= 15 is 0 Å². The molecule has 0 aliphatic carbocycles. The maximum atomic E-state index is 8.36. The van der Waals surface area contributed by atoms with Crippen molar-refractivity contribution in [1.29, 1.82) is 5.26 Å². The van der Waals surface area contributed by atoms with Crippen LogP contribution in [0.4, 0.5) is 5.69 Å². The molecule has 1 heterocycles. The molecule has 1 rings (SSSR count). The van der Waals surface area contributed by atoms with Crippen LogP contribution in [-0.4, -0.2) is 9.97 Å². The zero-order valence-electron chi connectivity index (χ0n) is 4.87. The van der Waals surface area contributed by atoms with Crippen LogP contribution in [-0.2, 0) is 0 Å². The summed E-state index contributed by atoms with van der Waals surface area (Å²) in [5.74, 6) is 0. The Morgan fingerprint density at radius 1 is 1.60 bits per heavy atom. The predicted molar refractivity (Wildman–Crippen MR) is 36.2 cm³/mol. The van der Waals surface area contributed by atoms with E-state index in [4.69, 9.17) is 22.6 Å². The van der Waals surface area contributed by atoms with Crippen molar-refractivity contribution in [3.05, 3.63) is 17.2 Å². The molecule has 0 spiro atoms. The molecule has 0 bridgehead atoms. The van der Waals surface area contributed by atoms with Crippen LogP contribution in [0.3, 0.4) is 0 Å². The molecule has 0 saturated carbocycles. The van der Waals surface area contributed by atoms with Crippen LogP contribution in [0.2, 0.25) is 5.15 Å². The zero-order chi connectivity index (χ0) is 7.56. The second kappa shape index (κ2) is 2.50. The van der Waals surface area contributed by atoms with Gasteiger partial charge < -0.3 is 5.73 Å². The Kier molecular flexibility index (Phi) is 1.69. The molecule has 10 heavy (non-hydrogen) atoms. The molecule has 50 valence electrons. The van der Waals surface area contributed by atoms with Gasteiger partial charge in [0.2, 0.25) is 0 Å². The average molecular weight is 155 g/mol. The summed E-state index contributed by atoms with van der Waals surface area (Å²) in [7, 11) is 0. The molecule has 2 N–H and O–H groups in total. The summed E-state index contributed by atoms with van der Waals surface area (Å²) < 4.78 is 0. The fourth-order valence-corrected chi connectivity index (χ4v) is 0.596. The molecule has 1 aromatic rings. The molecule has 0 aliphatic heterocycles. The summed E-state index contributed by atoms with van der Waals surface area (Å²) in [6.45, 7) is 0. The number of nitriles is 1. The lowest BCUT2D eigenvalue weighted by molar-refractivity contribution is 1.14. The summed E-state index contributed by atoms with van der Waals surface area (Å²) >= 11 is 5.47. The van der Waals surface area contributed by atoms with Gasteiger partial charge in [-0.1, -0.05) is 11.6 Å². The predicted octanol–water partition coefficient (Wildman–Crippen LogP) is 0.584. The van der Waals surface area contributed by atoms with Gasteiger partial charge >= 0.3 is 0 Å². The van der Waals surface area contributed by atoms with E-state index in [2.05, 4.69) is 9.97 Å². The quantitative estimate of drug-likeness (QED) is 0.555. The number of rotatable bonds is 0. The van der Waals surface area contributed by atoms with Crippen LogP contribution in [0.15, 0.2) is 6.33 Å². The van der Waals surface area contributed by atoms with Crippen molar-refractivity contribution >= 4 is 17.3 Å². The van der Waals surface area contributed by atoms with Crippen LogP contribution in [0.1, 0.15) is 5.69 Å². The number of anilines is 1. The van der Waals surface area contributed by atoms with E-state index in [0.29, 0.717) is 0 Å². The second-order valence-electron chi connectivity index (χ2n) is 1.54. The van der Waals surface area contributed by atoms with Crippen molar-refractivity contribution in [3.63, 3.8) is 0 Å². The van der Waals surface area contributed by atoms with Crippen LogP contribution in [0, 0.1) is 11.3 Å². The lowest BCUT2D eigenvalue weighted by Gasteiger charge is -1.94. The summed E-state index contributed by atoms with van der Waals surface area (Å²) in [6.07, 6.45) is 1.19. The molecule has 0 atom stereocenters. The first-order chi connectivity index (χ1) is 4.75. The molecule has 0 fully saturated rings. The number of aromatic nitrogens is 2. The minimum Gasteiger partial charge on any atom is -0.394 e.